The number of hydrogen-bond donors (Lipinski definition) is 2. The zero-order valence-corrected chi connectivity index (χ0v) is 19.8. The molecule has 0 amide bonds. The number of pyridine rings is 1. The highest BCUT2D eigenvalue weighted by Crippen LogP contribution is 2.33. The molecule has 2 N–H and O–H groups in total. The molecule has 0 bridgehead atoms. The zero-order chi connectivity index (χ0) is 23.4. The molecule has 6 nitrogen and oxygen atoms in total. The van der Waals surface area contributed by atoms with Crippen LogP contribution in [0.1, 0.15) is 42.0 Å². The van der Waals surface area contributed by atoms with Gasteiger partial charge in [-0.3, -0.25) is 9.88 Å². The maximum Gasteiger partial charge on any atom is 0.137 e. The topological polar surface area (TPSA) is 81.4 Å². The Morgan fingerprint density at radius 2 is 2.15 bits per heavy atom. The summed E-state index contributed by atoms with van der Waals surface area (Å²) >= 11 is 6.33. The van der Waals surface area contributed by atoms with Gasteiger partial charge in [-0.25, -0.2) is 0 Å². The summed E-state index contributed by atoms with van der Waals surface area (Å²) in [5, 5.41) is 24.5. The van der Waals surface area contributed by atoms with Crippen LogP contribution in [0, 0.1) is 11.3 Å². The third-order valence-electron chi connectivity index (χ3n) is 6.41. The fourth-order valence-electron chi connectivity index (χ4n) is 4.62. The number of benzene rings is 2. The normalized spacial score (nSPS) is 16.2. The molecule has 1 atom stereocenters. The molecule has 1 aliphatic rings. The first-order valence-electron chi connectivity index (χ1n) is 11.3. The first kappa shape index (κ1) is 23.3. The molecule has 0 radical (unpaired) electrons. The molecule has 3 aromatic rings. The summed E-state index contributed by atoms with van der Waals surface area (Å²) in [6, 6.07) is 12.1. The highest BCUT2D eigenvalue weighted by atomic mass is 35.5. The van der Waals surface area contributed by atoms with Crippen molar-refractivity contribution in [1.82, 2.24) is 9.88 Å². The lowest BCUT2D eigenvalue weighted by atomic mass is 10.00. The number of ether oxygens (including phenoxy) is 1. The van der Waals surface area contributed by atoms with Crippen molar-refractivity contribution in [2.45, 2.75) is 45.3 Å². The van der Waals surface area contributed by atoms with Crippen LogP contribution >= 0.6 is 11.6 Å². The number of likely N-dealkylation sites (tertiary alicyclic amines) is 1. The van der Waals surface area contributed by atoms with Crippen LogP contribution in [-0.4, -0.2) is 41.3 Å². The van der Waals surface area contributed by atoms with Gasteiger partial charge in [0.1, 0.15) is 5.75 Å². The summed E-state index contributed by atoms with van der Waals surface area (Å²) in [7, 11) is 1.60. The first-order chi connectivity index (χ1) is 16.1. The van der Waals surface area contributed by atoms with Crippen molar-refractivity contribution in [3.63, 3.8) is 0 Å². The Morgan fingerprint density at radius 3 is 2.85 bits per heavy atom. The monoisotopic (exact) mass is 464 g/mol. The maximum absolute atomic E-state index is 9.78. The Labute approximate surface area is 199 Å². The van der Waals surface area contributed by atoms with Crippen LogP contribution in [0.15, 0.2) is 36.5 Å². The molecule has 0 saturated carbocycles. The van der Waals surface area contributed by atoms with Crippen molar-refractivity contribution < 1.29 is 9.84 Å². The molecule has 1 fully saturated rings. The van der Waals surface area contributed by atoms with Gasteiger partial charge in [0.15, 0.2) is 0 Å². The maximum atomic E-state index is 9.78. The van der Waals surface area contributed by atoms with E-state index < -0.39 is 0 Å². The molecule has 33 heavy (non-hydrogen) atoms. The number of rotatable bonds is 8. The molecule has 4 rings (SSSR count). The van der Waals surface area contributed by atoms with Crippen LogP contribution in [0.2, 0.25) is 5.02 Å². The molecular formula is C26H29ClN4O2. The number of methoxy groups -OCH3 is 1. The summed E-state index contributed by atoms with van der Waals surface area (Å²) in [5.74, 6) is 0.644. The van der Waals surface area contributed by atoms with Gasteiger partial charge in [-0.15, -0.1) is 0 Å². The number of nitrogens with zero attached hydrogens (tertiary/aromatic N) is 3. The smallest absolute Gasteiger partial charge is 0.137 e. The third-order valence-corrected chi connectivity index (χ3v) is 6.70. The second-order valence-electron chi connectivity index (χ2n) is 8.43. The SMILES string of the molecule is CCc1cc(C#N)cc2c(NCc3ccc(OC)c(Cl)c3)c(CN3CCC[C@H]3CO)cnc12. The first-order valence-corrected chi connectivity index (χ1v) is 11.7. The fraction of sp³-hybridized carbons (Fsp3) is 0.385. The number of anilines is 1. The van der Waals surface area contributed by atoms with Crippen molar-refractivity contribution in [2.75, 3.05) is 25.6 Å². The molecule has 2 aromatic carbocycles. The van der Waals surface area contributed by atoms with Crippen LogP contribution in [-0.2, 0) is 19.5 Å². The van der Waals surface area contributed by atoms with Crippen LogP contribution in [0.5, 0.6) is 5.75 Å². The van der Waals surface area contributed by atoms with Gasteiger partial charge in [0, 0.05) is 42.0 Å². The van der Waals surface area contributed by atoms with E-state index in [0.29, 0.717) is 29.4 Å². The Hall–Kier alpha value is -2.85. The number of nitriles is 1. The summed E-state index contributed by atoms with van der Waals surface area (Å²) in [5.41, 5.74) is 5.65. The van der Waals surface area contributed by atoms with Gasteiger partial charge in [0.05, 0.1) is 35.9 Å². The molecular weight excluding hydrogens is 436 g/mol. The van der Waals surface area contributed by atoms with E-state index in [0.717, 1.165) is 59.1 Å². The minimum Gasteiger partial charge on any atom is -0.495 e. The Balaban J connectivity index is 1.75. The number of aliphatic hydroxyl groups is 1. The van der Waals surface area contributed by atoms with Crippen LogP contribution in [0.4, 0.5) is 5.69 Å². The van der Waals surface area contributed by atoms with Gasteiger partial charge in [-0.1, -0.05) is 24.6 Å². The van der Waals surface area contributed by atoms with Crippen molar-refractivity contribution in [3.8, 4) is 11.8 Å². The van der Waals surface area contributed by atoms with Gasteiger partial charge in [0.25, 0.3) is 0 Å². The third kappa shape index (κ3) is 4.91. The van der Waals surface area contributed by atoms with Gasteiger partial charge < -0.3 is 15.2 Å². The van der Waals surface area contributed by atoms with Crippen molar-refractivity contribution in [1.29, 1.82) is 5.26 Å². The van der Waals surface area contributed by atoms with E-state index in [4.69, 9.17) is 21.3 Å². The number of aryl methyl sites for hydroxylation is 1. The average Bonchev–Trinajstić information content (AvgIpc) is 3.29. The van der Waals surface area contributed by atoms with E-state index in [1.165, 1.54) is 0 Å². The fourth-order valence-corrected chi connectivity index (χ4v) is 4.90. The average molecular weight is 465 g/mol. The Kier molecular flexibility index (Phi) is 7.34. The largest absolute Gasteiger partial charge is 0.495 e. The van der Waals surface area contributed by atoms with Crippen LogP contribution in [0.25, 0.3) is 10.9 Å². The number of fused-ring (bicyclic) bond motifs is 1. The predicted octanol–water partition coefficient (Wildman–Crippen LogP) is 4.90. The van der Waals surface area contributed by atoms with E-state index in [9.17, 15) is 10.4 Å². The minimum atomic E-state index is 0.159. The number of nitrogens with one attached hydrogen (secondary N) is 1. The number of aliphatic hydroxyl groups excluding tert-OH is 1. The molecule has 1 aromatic heterocycles. The minimum absolute atomic E-state index is 0.159. The van der Waals surface area contributed by atoms with Gasteiger partial charge in [0.2, 0.25) is 0 Å². The second kappa shape index (κ2) is 10.4. The van der Waals surface area contributed by atoms with Crippen LogP contribution < -0.4 is 10.1 Å². The zero-order valence-electron chi connectivity index (χ0n) is 19.1. The molecule has 0 aliphatic carbocycles. The molecule has 7 heteroatoms. The van der Waals surface area contributed by atoms with E-state index in [1.54, 1.807) is 7.11 Å². The van der Waals surface area contributed by atoms with Gasteiger partial charge in [-0.2, -0.15) is 5.26 Å². The van der Waals surface area contributed by atoms with Crippen molar-refractivity contribution in [3.05, 3.63) is 63.8 Å². The molecule has 0 spiro atoms. The lowest BCUT2D eigenvalue weighted by Crippen LogP contribution is -2.32. The summed E-state index contributed by atoms with van der Waals surface area (Å²) in [6.45, 7) is 4.45. The standard InChI is InChI=1S/C26H29ClN4O2/c1-3-19-9-18(12-28)10-22-25(19)30-14-20(15-31-8-4-5-21(31)16-32)26(22)29-13-17-6-7-24(33-2)23(27)11-17/h6-7,9-11,14,21,32H,3-5,8,13,15-16H2,1-2H3,(H,29,30)/t21-/m0/s1. The predicted molar refractivity (Wildman–Crippen MR) is 132 cm³/mol. The molecule has 172 valence electrons. The highest BCUT2D eigenvalue weighted by Gasteiger charge is 2.25. The molecule has 1 saturated heterocycles. The molecule has 1 aliphatic heterocycles. The number of halogens is 1. The molecule has 2 heterocycles. The lowest BCUT2D eigenvalue weighted by Gasteiger charge is -2.25. The summed E-state index contributed by atoms with van der Waals surface area (Å²) in [6.07, 6.45) is 4.81. The highest BCUT2D eigenvalue weighted by molar-refractivity contribution is 6.32. The number of aromatic nitrogens is 1. The Bertz CT molecular complexity index is 1190. The Morgan fingerprint density at radius 1 is 1.30 bits per heavy atom. The molecule has 0 unspecified atom stereocenters. The van der Waals surface area contributed by atoms with Gasteiger partial charge in [-0.05, 0) is 61.2 Å². The van der Waals surface area contributed by atoms with Crippen molar-refractivity contribution in [2.24, 2.45) is 0 Å². The lowest BCUT2D eigenvalue weighted by molar-refractivity contribution is 0.153. The van der Waals surface area contributed by atoms with Gasteiger partial charge >= 0.3 is 0 Å². The van der Waals surface area contributed by atoms with E-state index in [-0.39, 0.29) is 12.6 Å². The summed E-state index contributed by atoms with van der Waals surface area (Å²) in [4.78, 5) is 7.11. The van der Waals surface area contributed by atoms with E-state index in [2.05, 4.69) is 23.2 Å². The van der Waals surface area contributed by atoms with Crippen molar-refractivity contribution >= 4 is 28.2 Å². The van der Waals surface area contributed by atoms with Crippen LogP contribution in [0.3, 0.4) is 0 Å². The summed E-state index contributed by atoms with van der Waals surface area (Å²) < 4.78 is 5.27. The quantitative estimate of drug-likeness (QED) is 0.493. The van der Waals surface area contributed by atoms with E-state index >= 15 is 0 Å². The van der Waals surface area contributed by atoms with E-state index in [1.807, 2.05) is 36.5 Å². The number of hydrogen-bond acceptors (Lipinski definition) is 6. The second-order valence-corrected chi connectivity index (χ2v) is 8.83.